The number of hydrogen-bond acceptors (Lipinski definition) is 3. The fourth-order valence-corrected chi connectivity index (χ4v) is 3.28. The van der Waals surface area contributed by atoms with Gasteiger partial charge in [-0.15, -0.1) is 0 Å². The predicted octanol–water partition coefficient (Wildman–Crippen LogP) is 2.52. The van der Waals surface area contributed by atoms with E-state index in [0.717, 1.165) is 10.0 Å². The zero-order chi connectivity index (χ0) is 18.2. The maximum absolute atomic E-state index is 12.9. The maximum Gasteiger partial charge on any atom is 0.325 e. The molecular weight excluding hydrogens is 386 g/mol. The molecule has 1 atom stereocenters. The number of hydrogen-bond donors (Lipinski definition) is 2. The van der Waals surface area contributed by atoms with Crippen molar-refractivity contribution < 1.29 is 14.4 Å². The Morgan fingerprint density at radius 2 is 1.92 bits per heavy atom. The predicted molar refractivity (Wildman–Crippen MR) is 95.5 cm³/mol. The van der Waals surface area contributed by atoms with Crippen LogP contribution in [-0.4, -0.2) is 22.7 Å². The Hall–Kier alpha value is -2.67. The van der Waals surface area contributed by atoms with Crippen LogP contribution in [0, 0.1) is 0 Å². The monoisotopic (exact) mass is 401 g/mol. The summed E-state index contributed by atoms with van der Waals surface area (Å²) in [5, 5.41) is 2.72. The van der Waals surface area contributed by atoms with Crippen molar-refractivity contribution in [3.63, 3.8) is 0 Å². The van der Waals surface area contributed by atoms with Crippen molar-refractivity contribution in [2.45, 2.75) is 19.0 Å². The lowest BCUT2D eigenvalue weighted by molar-refractivity contribution is -0.131. The van der Waals surface area contributed by atoms with Gasteiger partial charge >= 0.3 is 6.03 Å². The van der Waals surface area contributed by atoms with Gasteiger partial charge in [0.2, 0.25) is 5.91 Å². The summed E-state index contributed by atoms with van der Waals surface area (Å²) in [6.45, 7) is 1.78. The molecule has 1 heterocycles. The van der Waals surface area contributed by atoms with Crippen LogP contribution in [0.1, 0.15) is 28.4 Å². The highest BCUT2D eigenvalue weighted by atomic mass is 79.9. The lowest BCUT2D eigenvalue weighted by atomic mass is 9.90. The standard InChI is InChI=1S/C18H16BrN3O3/c1-18(13-6-3-5-12(9-13)15(20)23)16(24)22(17(25)21-18)10-11-4-2-7-14(19)8-11/h2-9H,10H2,1H3,(H2,20,23)(H,21,25). The third kappa shape index (κ3) is 3.15. The highest BCUT2D eigenvalue weighted by Gasteiger charge is 2.49. The molecular formula is C18H16BrN3O3. The van der Waals surface area contributed by atoms with Crippen molar-refractivity contribution in [3.05, 3.63) is 69.7 Å². The summed E-state index contributed by atoms with van der Waals surface area (Å²) < 4.78 is 0.869. The normalized spacial score (nSPS) is 19.8. The molecule has 25 heavy (non-hydrogen) atoms. The first-order chi connectivity index (χ1) is 11.8. The quantitative estimate of drug-likeness (QED) is 0.770. The number of nitrogens with zero attached hydrogens (tertiary/aromatic N) is 1. The summed E-state index contributed by atoms with van der Waals surface area (Å²) in [6.07, 6.45) is 0. The average Bonchev–Trinajstić information content (AvgIpc) is 2.79. The lowest BCUT2D eigenvalue weighted by Gasteiger charge is -2.22. The van der Waals surface area contributed by atoms with Gasteiger partial charge in [-0.1, -0.05) is 40.2 Å². The number of halogens is 1. The second kappa shape index (κ2) is 6.33. The summed E-state index contributed by atoms with van der Waals surface area (Å²) in [6, 6.07) is 13.3. The molecule has 6 nitrogen and oxygen atoms in total. The highest BCUT2D eigenvalue weighted by Crippen LogP contribution is 2.30. The van der Waals surface area contributed by atoms with Gasteiger partial charge in [0.05, 0.1) is 6.54 Å². The van der Waals surface area contributed by atoms with Gasteiger partial charge in [-0.05, 0) is 42.3 Å². The Labute approximate surface area is 153 Å². The minimum absolute atomic E-state index is 0.162. The van der Waals surface area contributed by atoms with Gasteiger partial charge in [0.25, 0.3) is 5.91 Å². The molecule has 7 heteroatoms. The summed E-state index contributed by atoms with van der Waals surface area (Å²) in [5.74, 6) is -0.965. The summed E-state index contributed by atoms with van der Waals surface area (Å²) in [7, 11) is 0. The van der Waals surface area contributed by atoms with Crippen molar-refractivity contribution in [3.8, 4) is 0 Å². The number of amides is 4. The molecule has 2 aromatic rings. The molecule has 128 valence electrons. The molecule has 3 N–H and O–H groups in total. The van der Waals surface area contributed by atoms with E-state index in [0.29, 0.717) is 5.56 Å². The lowest BCUT2D eigenvalue weighted by Crippen LogP contribution is -2.41. The third-order valence-corrected chi connectivity index (χ3v) is 4.72. The van der Waals surface area contributed by atoms with E-state index in [4.69, 9.17) is 5.73 Å². The first kappa shape index (κ1) is 17.2. The van der Waals surface area contributed by atoms with Crippen LogP contribution in [0.4, 0.5) is 4.79 Å². The molecule has 1 saturated heterocycles. The average molecular weight is 402 g/mol. The first-order valence-electron chi connectivity index (χ1n) is 7.60. The van der Waals surface area contributed by atoms with Crippen molar-refractivity contribution in [2.24, 2.45) is 5.73 Å². The number of rotatable bonds is 4. The van der Waals surface area contributed by atoms with E-state index in [9.17, 15) is 14.4 Å². The van der Waals surface area contributed by atoms with Gasteiger partial charge in [0, 0.05) is 10.0 Å². The van der Waals surface area contributed by atoms with Crippen LogP contribution in [0.25, 0.3) is 0 Å². The molecule has 1 unspecified atom stereocenters. The first-order valence-corrected chi connectivity index (χ1v) is 8.39. The molecule has 0 aromatic heterocycles. The summed E-state index contributed by atoms with van der Waals surface area (Å²) >= 11 is 3.37. The second-order valence-electron chi connectivity index (χ2n) is 6.02. The van der Waals surface area contributed by atoms with Crippen LogP contribution >= 0.6 is 15.9 Å². The Morgan fingerprint density at radius 1 is 1.20 bits per heavy atom. The fourth-order valence-electron chi connectivity index (χ4n) is 2.84. The molecule has 0 saturated carbocycles. The second-order valence-corrected chi connectivity index (χ2v) is 6.94. The minimum atomic E-state index is -1.24. The summed E-state index contributed by atoms with van der Waals surface area (Å²) in [4.78, 5) is 37.9. The van der Waals surface area contributed by atoms with E-state index in [2.05, 4.69) is 21.2 Å². The van der Waals surface area contributed by atoms with Crippen LogP contribution in [-0.2, 0) is 16.9 Å². The third-order valence-electron chi connectivity index (χ3n) is 4.23. The highest BCUT2D eigenvalue weighted by molar-refractivity contribution is 9.10. The van der Waals surface area contributed by atoms with Crippen LogP contribution in [0.15, 0.2) is 53.0 Å². The van der Waals surface area contributed by atoms with E-state index >= 15 is 0 Å². The number of nitrogens with two attached hydrogens (primary N) is 1. The van der Waals surface area contributed by atoms with E-state index in [1.54, 1.807) is 25.1 Å². The van der Waals surface area contributed by atoms with Crippen LogP contribution in [0.2, 0.25) is 0 Å². The van der Waals surface area contributed by atoms with Crippen LogP contribution < -0.4 is 11.1 Å². The number of imide groups is 1. The molecule has 2 aromatic carbocycles. The van der Waals surface area contributed by atoms with Crippen LogP contribution in [0.3, 0.4) is 0 Å². The molecule has 1 fully saturated rings. The van der Waals surface area contributed by atoms with Crippen molar-refractivity contribution >= 4 is 33.8 Å². The molecule has 1 aliphatic rings. The zero-order valence-corrected chi connectivity index (χ0v) is 15.0. The number of urea groups is 1. The number of nitrogens with one attached hydrogen (secondary N) is 1. The molecule has 3 rings (SSSR count). The van der Waals surface area contributed by atoms with E-state index < -0.39 is 17.5 Å². The molecule has 0 radical (unpaired) electrons. The largest absolute Gasteiger partial charge is 0.366 e. The molecule has 0 spiro atoms. The van der Waals surface area contributed by atoms with Gasteiger partial charge < -0.3 is 11.1 Å². The topological polar surface area (TPSA) is 92.5 Å². The molecule has 1 aliphatic heterocycles. The molecule has 0 aliphatic carbocycles. The van der Waals surface area contributed by atoms with Gasteiger partial charge in [-0.2, -0.15) is 0 Å². The maximum atomic E-state index is 12.9. The Morgan fingerprint density at radius 3 is 2.60 bits per heavy atom. The Bertz CT molecular complexity index is 883. The molecule has 0 bridgehead atoms. The van der Waals surface area contributed by atoms with Crippen LogP contribution in [0.5, 0.6) is 0 Å². The number of carbonyl (C=O) groups is 3. The van der Waals surface area contributed by atoms with Gasteiger partial charge in [0.1, 0.15) is 5.54 Å². The zero-order valence-electron chi connectivity index (χ0n) is 13.5. The van der Waals surface area contributed by atoms with E-state index in [1.165, 1.54) is 11.0 Å². The van der Waals surface area contributed by atoms with Crippen molar-refractivity contribution in [1.82, 2.24) is 10.2 Å². The minimum Gasteiger partial charge on any atom is -0.366 e. The Balaban J connectivity index is 1.92. The fraction of sp³-hybridized carbons (Fsp3) is 0.167. The number of carbonyl (C=O) groups excluding carboxylic acids is 3. The van der Waals surface area contributed by atoms with Gasteiger partial charge in [-0.3, -0.25) is 14.5 Å². The van der Waals surface area contributed by atoms with E-state index in [-0.39, 0.29) is 18.0 Å². The van der Waals surface area contributed by atoms with Crippen molar-refractivity contribution in [1.29, 1.82) is 0 Å². The Kier molecular flexibility index (Phi) is 4.34. The number of benzene rings is 2. The van der Waals surface area contributed by atoms with Gasteiger partial charge in [-0.25, -0.2) is 4.79 Å². The van der Waals surface area contributed by atoms with E-state index in [1.807, 2.05) is 24.3 Å². The van der Waals surface area contributed by atoms with Crippen molar-refractivity contribution in [2.75, 3.05) is 0 Å². The SMILES string of the molecule is CC1(c2cccc(C(N)=O)c2)NC(=O)N(Cc2cccc(Br)c2)C1=O. The summed E-state index contributed by atoms with van der Waals surface area (Å²) in [5.41, 5.74) is 5.69. The molecule has 4 amide bonds. The van der Waals surface area contributed by atoms with Gasteiger partial charge in [0.15, 0.2) is 0 Å². The smallest absolute Gasteiger partial charge is 0.325 e. The number of primary amides is 1.